The minimum Gasteiger partial charge on any atom is -0.497 e. The van der Waals surface area contributed by atoms with Gasteiger partial charge in [0.25, 0.3) is 0 Å². The highest BCUT2D eigenvalue weighted by Gasteiger charge is 2.34. The van der Waals surface area contributed by atoms with Crippen molar-refractivity contribution in [3.05, 3.63) is 253 Å². The van der Waals surface area contributed by atoms with E-state index in [2.05, 4.69) is 149 Å². The van der Waals surface area contributed by atoms with E-state index in [0.29, 0.717) is 88.0 Å². The minimum absolute atomic E-state index is 0.302. The third-order valence-corrected chi connectivity index (χ3v) is 22.0. The molecule has 12 rings (SSSR count). The number of fused-ring (bicyclic) bond motifs is 4. The molecule has 4 aliphatic rings. The summed E-state index contributed by atoms with van der Waals surface area (Å²) in [6, 6.07) is 51.5. The van der Waals surface area contributed by atoms with Crippen molar-refractivity contribution < 1.29 is 18.9 Å². The summed E-state index contributed by atoms with van der Waals surface area (Å²) in [7, 11) is 24.0. The predicted octanol–water partition coefficient (Wildman–Crippen LogP) is 20.0. The minimum atomic E-state index is 0.302. The molecule has 0 saturated carbocycles. The van der Waals surface area contributed by atoms with Crippen molar-refractivity contribution in [2.75, 3.05) is 84.8 Å². The molecule has 16 heteroatoms. The maximum Gasteiger partial charge on any atom is 0.119 e. The Bertz CT molecular complexity index is 3350. The molecule has 0 amide bonds. The van der Waals surface area contributed by atoms with Crippen molar-refractivity contribution in [3.63, 3.8) is 0 Å². The molecule has 8 aromatic rings. The van der Waals surface area contributed by atoms with Crippen LogP contribution in [0.4, 0.5) is 0 Å². The van der Waals surface area contributed by atoms with Crippen LogP contribution in [0.1, 0.15) is 116 Å². The van der Waals surface area contributed by atoms with E-state index in [1.807, 2.05) is 72.8 Å². The Balaban J connectivity index is 0.000000145. The zero-order chi connectivity index (χ0) is 66.2. The van der Waals surface area contributed by atoms with E-state index >= 15 is 0 Å². The first-order chi connectivity index (χ1) is 44.0. The zero-order valence-electron chi connectivity index (χ0n) is 54.6. The number of nitrogens with zero attached hydrogens (tertiary/aromatic N) is 4. The van der Waals surface area contributed by atoms with Gasteiger partial charge in [0.15, 0.2) is 0 Å². The van der Waals surface area contributed by atoms with Gasteiger partial charge in [-0.25, -0.2) is 0 Å². The molecule has 0 aliphatic heterocycles. The van der Waals surface area contributed by atoms with Crippen molar-refractivity contribution >= 4 is 92.8 Å². The van der Waals surface area contributed by atoms with Gasteiger partial charge in [-0.1, -0.05) is 141 Å². The molecule has 0 aromatic heterocycles. The van der Waals surface area contributed by atoms with Gasteiger partial charge in [0.2, 0.25) is 0 Å². The van der Waals surface area contributed by atoms with E-state index in [0.717, 1.165) is 74.4 Å². The second-order valence-corrected chi connectivity index (χ2v) is 28.7. The average Bonchev–Trinajstić information content (AvgIpc) is 0.938. The Morgan fingerprint density at radius 1 is 0.261 bits per heavy atom. The van der Waals surface area contributed by atoms with Gasteiger partial charge in [0.05, 0.1) is 68.6 Å². The Kier molecular flexibility index (Phi) is 25.0. The van der Waals surface area contributed by atoms with E-state index < -0.39 is 0 Å². The SMILES string of the molecule is COc1ccc2c(c1)[C@@H](c1ccc(Cl)c(Cl)c1)C[C@@H](N(C)C)C2.COc1ccc2c(c1)[C@@H](c1ccc(Cl)c(Cl)c1)C[C@H](N(C)C)C2.COc1ccc2c(c1)[C@H](c1ccc(Cl)c(Cl)c1)C[C@@H](N(C)C)C2.COc1ccc2c(c1)[C@H](c1ccc(Cl)c(Cl)c1)C[C@H](N(C)C)C2. The van der Waals surface area contributed by atoms with Crippen LogP contribution in [0, 0.1) is 0 Å². The molecule has 4 aliphatic carbocycles. The van der Waals surface area contributed by atoms with E-state index in [9.17, 15) is 0 Å². The van der Waals surface area contributed by atoms with Crippen molar-refractivity contribution in [1.82, 2.24) is 19.6 Å². The third kappa shape index (κ3) is 17.2. The Morgan fingerprint density at radius 2 is 0.457 bits per heavy atom. The second-order valence-electron chi connectivity index (χ2n) is 25.4. The Hall–Kier alpha value is -4.88. The van der Waals surface area contributed by atoms with Crippen molar-refractivity contribution in [2.45, 2.75) is 99.2 Å². The molecule has 8 nitrogen and oxygen atoms in total. The van der Waals surface area contributed by atoms with Crippen molar-refractivity contribution in [2.24, 2.45) is 0 Å². The monoisotopic (exact) mass is 1400 g/mol. The van der Waals surface area contributed by atoms with Crippen LogP contribution >= 0.6 is 92.8 Å². The standard InChI is InChI=1S/4C19H21Cl2NO/c4*1-22(2)14-8-12-4-6-15(23-3)11-17(12)16(10-14)13-5-7-18(20)19(21)9-13/h4*4-7,9,11,14,16H,8,10H2,1-3H3/t2*14-,16+;2*14-,16-/m1010/s1. The highest BCUT2D eigenvalue weighted by Crippen LogP contribution is 2.46. The molecule has 0 fully saturated rings. The van der Waals surface area contributed by atoms with Gasteiger partial charge in [-0.05, 0) is 272 Å². The topological polar surface area (TPSA) is 49.9 Å². The number of hydrogen-bond acceptors (Lipinski definition) is 8. The number of halogens is 8. The molecule has 0 N–H and O–H groups in total. The number of likely N-dealkylation sites (N-methyl/N-ethyl adjacent to an activating group) is 4. The number of ether oxygens (including phenoxy) is 4. The lowest BCUT2D eigenvalue weighted by atomic mass is 9.76. The van der Waals surface area contributed by atoms with Gasteiger partial charge in [-0.2, -0.15) is 0 Å². The van der Waals surface area contributed by atoms with Crippen LogP contribution in [0.5, 0.6) is 23.0 Å². The van der Waals surface area contributed by atoms with Gasteiger partial charge in [0.1, 0.15) is 23.0 Å². The third-order valence-electron chi connectivity index (χ3n) is 19.1. The molecule has 0 bridgehead atoms. The first-order valence-corrected chi connectivity index (χ1v) is 34.1. The summed E-state index contributed by atoms with van der Waals surface area (Å²) in [6.07, 6.45) is 8.48. The fourth-order valence-corrected chi connectivity index (χ4v) is 14.8. The number of rotatable bonds is 12. The average molecular weight is 1400 g/mol. The van der Waals surface area contributed by atoms with Gasteiger partial charge in [0, 0.05) is 47.8 Å². The molecule has 0 saturated heterocycles. The summed E-state index contributed by atoms with van der Waals surface area (Å²) >= 11 is 49.3. The fourth-order valence-electron chi connectivity index (χ4n) is 13.5. The maximum atomic E-state index is 6.25. The lowest BCUT2D eigenvalue weighted by Gasteiger charge is -2.36. The Morgan fingerprint density at radius 3 is 0.620 bits per heavy atom. The van der Waals surface area contributed by atoms with E-state index in [-0.39, 0.29) is 0 Å². The van der Waals surface area contributed by atoms with Crippen LogP contribution in [-0.4, -0.2) is 129 Å². The lowest BCUT2D eigenvalue weighted by Crippen LogP contribution is -2.35. The highest BCUT2D eigenvalue weighted by molar-refractivity contribution is 6.43. The molecular weight excluding hydrogens is 1320 g/mol. The molecule has 0 unspecified atom stereocenters. The molecule has 8 atom stereocenters. The molecule has 0 radical (unpaired) electrons. The summed E-state index contributed by atoms with van der Waals surface area (Å²) in [6.45, 7) is 0. The summed E-state index contributed by atoms with van der Waals surface area (Å²) in [4.78, 5) is 9.21. The quantitative estimate of drug-likeness (QED) is 0.120. The smallest absolute Gasteiger partial charge is 0.119 e. The normalized spacial score (nSPS) is 20.4. The van der Waals surface area contributed by atoms with E-state index in [1.54, 1.807) is 28.4 Å². The fraction of sp³-hybridized carbons (Fsp3) is 0.368. The van der Waals surface area contributed by atoms with Crippen molar-refractivity contribution in [1.29, 1.82) is 0 Å². The summed E-state index contributed by atoms with van der Waals surface area (Å²) in [5.41, 5.74) is 15.7. The van der Waals surface area contributed by atoms with E-state index in [1.165, 1.54) is 66.8 Å². The second kappa shape index (κ2) is 32.2. The zero-order valence-corrected chi connectivity index (χ0v) is 60.6. The molecular formula is C76H84Cl8N4O4. The van der Waals surface area contributed by atoms with E-state index in [4.69, 9.17) is 112 Å². The summed E-state index contributed by atoms with van der Waals surface area (Å²) < 4.78 is 21.7. The van der Waals surface area contributed by atoms with Crippen LogP contribution in [0.3, 0.4) is 0 Å². The first-order valence-electron chi connectivity index (χ1n) is 31.1. The number of benzene rings is 8. The summed E-state index contributed by atoms with van der Waals surface area (Å²) in [5, 5.41) is 4.84. The van der Waals surface area contributed by atoms with Crippen LogP contribution in [-0.2, 0) is 25.7 Å². The number of methoxy groups -OCH3 is 4. The van der Waals surface area contributed by atoms with Gasteiger partial charge < -0.3 is 38.5 Å². The van der Waals surface area contributed by atoms with Gasteiger partial charge in [-0.15, -0.1) is 0 Å². The molecule has 0 heterocycles. The van der Waals surface area contributed by atoms with Crippen molar-refractivity contribution in [3.8, 4) is 23.0 Å². The first kappa shape index (κ1) is 71.4. The van der Waals surface area contributed by atoms with Crippen LogP contribution in [0.2, 0.25) is 40.2 Å². The number of hydrogen-bond donors (Lipinski definition) is 0. The summed E-state index contributed by atoms with van der Waals surface area (Å²) in [5.74, 6) is 4.81. The van der Waals surface area contributed by atoms with Crippen LogP contribution < -0.4 is 18.9 Å². The molecule has 92 heavy (non-hydrogen) atoms. The predicted molar refractivity (Wildman–Crippen MR) is 388 cm³/mol. The highest BCUT2D eigenvalue weighted by atomic mass is 35.5. The Labute approximate surface area is 586 Å². The van der Waals surface area contributed by atoms with Crippen LogP contribution in [0.25, 0.3) is 0 Å². The molecule has 488 valence electrons. The largest absolute Gasteiger partial charge is 0.497 e. The van der Waals surface area contributed by atoms with Gasteiger partial charge in [-0.3, -0.25) is 0 Å². The lowest BCUT2D eigenvalue weighted by molar-refractivity contribution is 0.258. The maximum absolute atomic E-state index is 6.25. The van der Waals surface area contributed by atoms with Crippen LogP contribution in [0.15, 0.2) is 146 Å². The molecule has 0 spiro atoms. The van der Waals surface area contributed by atoms with Gasteiger partial charge >= 0.3 is 0 Å². The molecule has 8 aromatic carbocycles.